The average Bonchev–Trinajstić information content (AvgIpc) is 2.80. The van der Waals surface area contributed by atoms with Gasteiger partial charge in [-0.05, 0) is 81.6 Å². The number of halogens is 2. The van der Waals surface area contributed by atoms with E-state index in [2.05, 4.69) is 41.7 Å². The lowest BCUT2D eigenvalue weighted by atomic mass is 9.88. The summed E-state index contributed by atoms with van der Waals surface area (Å²) in [6.07, 6.45) is 1.23. The first kappa shape index (κ1) is 30.4. The maximum atomic E-state index is 16.7. The topological polar surface area (TPSA) is 81.0 Å². The molecule has 0 saturated carbocycles. The zero-order chi connectivity index (χ0) is 28.0. The second kappa shape index (κ2) is 10.4. The molecule has 3 atom stereocenters. The fourth-order valence-corrected chi connectivity index (χ4v) is 13.6. The fraction of sp³-hybridized carbons (Fsp3) is 0.741. The predicted molar refractivity (Wildman–Crippen MR) is 157 cm³/mol. The number of esters is 1. The van der Waals surface area contributed by atoms with Crippen LogP contribution in [0.2, 0.25) is 18.1 Å². The molecule has 0 amide bonds. The van der Waals surface area contributed by atoms with Crippen LogP contribution in [0.15, 0.2) is 20.0 Å². The minimum Gasteiger partial charge on any atom is -0.460 e. The molecule has 37 heavy (non-hydrogen) atoms. The van der Waals surface area contributed by atoms with Gasteiger partial charge in [-0.3, -0.25) is 9.79 Å². The first-order valence-electron chi connectivity index (χ1n) is 13.4. The van der Waals surface area contributed by atoms with Crippen molar-refractivity contribution in [3.8, 4) is 0 Å². The summed E-state index contributed by atoms with van der Waals surface area (Å²) in [6.45, 7) is 17.8. The zero-order valence-corrected chi connectivity index (χ0v) is 27.2. The summed E-state index contributed by atoms with van der Waals surface area (Å²) in [7, 11) is -5.04. The minimum atomic E-state index is -2.92. The van der Waals surface area contributed by atoms with Crippen LogP contribution in [-0.4, -0.2) is 51.1 Å². The van der Waals surface area contributed by atoms with E-state index in [1.165, 1.54) is 0 Å². The van der Waals surface area contributed by atoms with Crippen LogP contribution in [0.5, 0.6) is 0 Å². The van der Waals surface area contributed by atoms with Crippen molar-refractivity contribution >= 4 is 50.6 Å². The Labute approximate surface area is 232 Å². The number of fused-ring (bicyclic) bond motifs is 1. The lowest BCUT2D eigenvalue weighted by Gasteiger charge is -2.49. The normalized spacial score (nSPS) is 27.6. The Kier molecular flexibility index (Phi) is 8.59. The first-order valence-corrected chi connectivity index (χ1v) is 18.4. The van der Waals surface area contributed by atoms with Crippen LogP contribution in [0.1, 0.15) is 87.3 Å². The smallest absolute Gasteiger partial charge is 0.312 e. The van der Waals surface area contributed by atoms with Crippen LogP contribution in [0.4, 0.5) is 4.39 Å². The summed E-state index contributed by atoms with van der Waals surface area (Å²) in [5.74, 6) is -0.785. The number of aromatic nitrogens is 1. The Bertz CT molecular complexity index is 1210. The Morgan fingerprint density at radius 1 is 1.22 bits per heavy atom. The number of carbonyl (C=O) groups excluding carboxylic acids is 1. The van der Waals surface area contributed by atoms with Gasteiger partial charge in [-0.15, -0.1) is 0 Å². The molecule has 2 aliphatic heterocycles. The van der Waals surface area contributed by atoms with Crippen molar-refractivity contribution in [3.63, 3.8) is 0 Å². The molecular weight excluding hydrogens is 573 g/mol. The van der Waals surface area contributed by atoms with Gasteiger partial charge >= 0.3 is 5.97 Å². The number of nitrogens with zero attached hydrogens (tertiary/aromatic N) is 3. The third-order valence-corrected chi connectivity index (χ3v) is 18.2. The molecule has 0 unspecified atom stereocenters. The quantitative estimate of drug-likeness (QED) is 0.199. The maximum Gasteiger partial charge on any atom is 0.312 e. The number of rotatable bonds is 7. The van der Waals surface area contributed by atoms with Gasteiger partial charge < -0.3 is 4.74 Å². The molecule has 6 nitrogen and oxygen atoms in total. The molecule has 0 aromatic carbocycles. The van der Waals surface area contributed by atoms with E-state index in [0.717, 1.165) is 29.7 Å². The number of hydrogen-bond donors (Lipinski definition) is 0. The van der Waals surface area contributed by atoms with Gasteiger partial charge in [-0.1, -0.05) is 38.9 Å². The second-order valence-electron chi connectivity index (χ2n) is 12.0. The van der Waals surface area contributed by atoms with Crippen molar-refractivity contribution in [2.45, 2.75) is 121 Å². The predicted octanol–water partition coefficient (Wildman–Crippen LogP) is 6.51. The molecule has 3 heterocycles. The van der Waals surface area contributed by atoms with Crippen LogP contribution >= 0.6 is 15.9 Å². The van der Waals surface area contributed by atoms with Crippen molar-refractivity contribution < 1.29 is 18.1 Å². The molecular formula is C27H43BrFN3O3SSi. The van der Waals surface area contributed by atoms with Crippen LogP contribution < -0.4 is 5.19 Å². The van der Waals surface area contributed by atoms with E-state index >= 15 is 4.39 Å². The number of pyridine rings is 1. The molecule has 0 bridgehead atoms. The van der Waals surface area contributed by atoms with Crippen molar-refractivity contribution in [1.82, 2.24) is 4.98 Å². The third kappa shape index (κ3) is 5.23. The highest BCUT2D eigenvalue weighted by Crippen LogP contribution is 2.48. The van der Waals surface area contributed by atoms with Crippen LogP contribution in [0.25, 0.3) is 0 Å². The Hall–Kier alpha value is -1.13. The summed E-state index contributed by atoms with van der Waals surface area (Å²) in [4.78, 5) is 22.7. The van der Waals surface area contributed by atoms with E-state index in [1.54, 1.807) is 0 Å². The maximum absolute atomic E-state index is 16.7. The summed E-state index contributed by atoms with van der Waals surface area (Å²) >= 11 is 3.56. The molecule has 0 fully saturated rings. The molecule has 0 radical (unpaired) electrons. The van der Waals surface area contributed by atoms with Gasteiger partial charge in [0.15, 0.2) is 0 Å². The third-order valence-electron chi connectivity index (χ3n) is 8.45. The SMILES string of the molecule is CC[Si](CC)(CC)c1cc(Br)nc([C@@]2(C)N=C(CC(=O)OC(C)(C)C)C(C)(C)[S@]3(=O)=NCCC[C@@H]23)c1F. The Morgan fingerprint density at radius 3 is 2.35 bits per heavy atom. The molecule has 10 heteroatoms. The second-order valence-corrected chi connectivity index (χ2v) is 21.0. The van der Waals surface area contributed by atoms with E-state index in [1.807, 2.05) is 47.6 Å². The van der Waals surface area contributed by atoms with Gasteiger partial charge in [0.2, 0.25) is 0 Å². The average molecular weight is 617 g/mol. The van der Waals surface area contributed by atoms with E-state index < -0.39 is 44.9 Å². The van der Waals surface area contributed by atoms with Gasteiger partial charge in [0.25, 0.3) is 0 Å². The number of ether oxygens (including phenoxy) is 1. The molecule has 3 rings (SSSR count). The number of carbonyl (C=O) groups is 1. The van der Waals surface area contributed by atoms with Crippen LogP contribution in [0, 0.1) is 5.82 Å². The Morgan fingerprint density at radius 2 is 1.81 bits per heavy atom. The minimum absolute atomic E-state index is 0.126. The number of aliphatic imine (C=N–C) groups is 1. The molecule has 0 saturated heterocycles. The van der Waals surface area contributed by atoms with Crippen molar-refractivity contribution in [1.29, 1.82) is 0 Å². The van der Waals surface area contributed by atoms with Crippen molar-refractivity contribution in [2.24, 2.45) is 9.36 Å². The highest BCUT2D eigenvalue weighted by Gasteiger charge is 2.57. The summed E-state index contributed by atoms with van der Waals surface area (Å²) in [5.41, 5.74) is -1.26. The van der Waals surface area contributed by atoms with Gasteiger partial charge in [-0.25, -0.2) is 17.9 Å². The fourth-order valence-electron chi connectivity index (χ4n) is 6.00. The van der Waals surface area contributed by atoms with E-state index in [0.29, 0.717) is 23.3 Å². The molecule has 1 aromatic rings. The lowest BCUT2D eigenvalue weighted by molar-refractivity contribution is -0.153. The van der Waals surface area contributed by atoms with Crippen LogP contribution in [0.3, 0.4) is 0 Å². The van der Waals surface area contributed by atoms with E-state index in [9.17, 15) is 9.00 Å². The molecule has 2 aliphatic rings. The van der Waals surface area contributed by atoms with Gasteiger partial charge in [0.1, 0.15) is 27.3 Å². The van der Waals surface area contributed by atoms with Gasteiger partial charge in [0.05, 0.1) is 34.2 Å². The van der Waals surface area contributed by atoms with Gasteiger partial charge in [-0.2, -0.15) is 0 Å². The lowest BCUT2D eigenvalue weighted by Crippen LogP contribution is -2.59. The highest BCUT2D eigenvalue weighted by molar-refractivity contribution is 9.10. The summed E-state index contributed by atoms with van der Waals surface area (Å²) < 4.78 is 41.4. The van der Waals surface area contributed by atoms with E-state index in [4.69, 9.17) is 14.1 Å². The summed E-state index contributed by atoms with van der Waals surface area (Å²) in [6, 6.07) is 4.59. The van der Waals surface area contributed by atoms with Crippen molar-refractivity contribution in [2.75, 3.05) is 6.54 Å². The highest BCUT2D eigenvalue weighted by atomic mass is 79.9. The molecule has 208 valence electrons. The first-order chi connectivity index (χ1) is 17.0. The van der Waals surface area contributed by atoms with Crippen molar-refractivity contribution in [3.05, 3.63) is 22.2 Å². The van der Waals surface area contributed by atoms with Crippen LogP contribution in [-0.2, 0) is 24.8 Å². The molecule has 0 N–H and O–H groups in total. The summed E-state index contributed by atoms with van der Waals surface area (Å²) in [5, 5.41) is 0.224. The Balaban J connectivity index is 2.33. The molecule has 1 aromatic heterocycles. The van der Waals surface area contributed by atoms with E-state index in [-0.39, 0.29) is 17.9 Å². The largest absolute Gasteiger partial charge is 0.460 e. The standard InChI is InChI=1S/C27H43BrFN3O3SSi/c1-10-37(11-2,12-3)18-16-21(28)31-24(23(18)29)27(9)20-14-13-15-30-36(20,34)26(7,8)19(32-27)17-22(33)35-25(4,5)6/h16,20H,10-15,17H2,1-9H3/t20-,27-,36-/m0/s1. The monoisotopic (exact) mass is 615 g/mol. The number of hydrogen-bond acceptors (Lipinski definition) is 6. The zero-order valence-electron chi connectivity index (χ0n) is 23.8. The van der Waals surface area contributed by atoms with Gasteiger partial charge in [0, 0.05) is 12.3 Å². The molecule has 0 spiro atoms. The molecule has 0 aliphatic carbocycles.